The maximum absolute atomic E-state index is 6.42. The third-order valence-corrected chi connectivity index (χ3v) is 4.23. The largest absolute Gasteiger partial charge is 0.490 e. The summed E-state index contributed by atoms with van der Waals surface area (Å²) >= 11 is 6.42. The first-order valence-corrected chi connectivity index (χ1v) is 7.54. The van der Waals surface area contributed by atoms with Gasteiger partial charge in [0.1, 0.15) is 5.75 Å². The van der Waals surface area contributed by atoms with Crippen molar-refractivity contribution in [3.63, 3.8) is 0 Å². The number of aryl methyl sites for hydroxylation is 1. The first-order valence-electron chi connectivity index (χ1n) is 7.17. The van der Waals surface area contributed by atoms with E-state index in [0.29, 0.717) is 6.10 Å². The molecule has 0 aromatic heterocycles. The van der Waals surface area contributed by atoms with Gasteiger partial charge in [0.25, 0.3) is 0 Å². The van der Waals surface area contributed by atoms with Crippen molar-refractivity contribution in [3.8, 4) is 5.75 Å². The summed E-state index contributed by atoms with van der Waals surface area (Å²) in [5, 5.41) is 0.744. The number of hydrogen-bond donors (Lipinski definition) is 2. The second kappa shape index (κ2) is 6.06. The van der Waals surface area contributed by atoms with Crippen LogP contribution in [-0.4, -0.2) is 6.10 Å². The third-order valence-electron chi connectivity index (χ3n) is 3.72. The van der Waals surface area contributed by atoms with Crippen molar-refractivity contribution in [1.29, 1.82) is 0 Å². The highest BCUT2D eigenvalue weighted by Gasteiger charge is 2.24. The average Bonchev–Trinajstić information content (AvgIpc) is 3.29. The van der Waals surface area contributed by atoms with Crippen LogP contribution in [0.3, 0.4) is 0 Å². The van der Waals surface area contributed by atoms with Crippen molar-refractivity contribution in [2.45, 2.75) is 31.9 Å². The van der Waals surface area contributed by atoms with Gasteiger partial charge in [-0.05, 0) is 48.6 Å². The van der Waals surface area contributed by atoms with Gasteiger partial charge in [-0.2, -0.15) is 0 Å². The molecule has 3 nitrogen and oxygen atoms in total. The third kappa shape index (κ3) is 3.21. The Kier molecular flexibility index (Phi) is 4.15. The molecule has 0 radical (unpaired) electrons. The van der Waals surface area contributed by atoms with Crippen LogP contribution in [-0.2, 0) is 0 Å². The Hall–Kier alpha value is -1.55. The molecule has 0 saturated heterocycles. The number of benzene rings is 2. The molecule has 110 valence electrons. The Morgan fingerprint density at radius 2 is 2.00 bits per heavy atom. The summed E-state index contributed by atoms with van der Waals surface area (Å²) in [4.78, 5) is 0. The molecule has 0 heterocycles. The van der Waals surface area contributed by atoms with Gasteiger partial charge >= 0.3 is 0 Å². The summed E-state index contributed by atoms with van der Waals surface area (Å²) in [7, 11) is 0. The summed E-state index contributed by atoms with van der Waals surface area (Å²) < 4.78 is 5.85. The molecule has 1 atom stereocenters. The van der Waals surface area contributed by atoms with E-state index in [1.807, 2.05) is 49.4 Å². The standard InChI is InChI=1S/C17H19ClN2O/c1-11-4-2-7-15(16(11)18)17(20-19)12-5-3-6-14(10-12)21-13-8-9-13/h2-7,10,13,17,20H,8-9,19H2,1H3. The molecule has 0 bridgehead atoms. The highest BCUT2D eigenvalue weighted by atomic mass is 35.5. The summed E-state index contributed by atoms with van der Waals surface area (Å²) in [6, 6.07) is 13.9. The normalized spacial score (nSPS) is 15.8. The Balaban J connectivity index is 1.93. The molecule has 0 amide bonds. The van der Waals surface area contributed by atoms with Crippen LogP contribution < -0.4 is 16.0 Å². The van der Waals surface area contributed by atoms with E-state index in [4.69, 9.17) is 22.2 Å². The zero-order valence-corrected chi connectivity index (χ0v) is 12.7. The molecule has 3 rings (SSSR count). The van der Waals surface area contributed by atoms with Gasteiger partial charge < -0.3 is 4.74 Å². The van der Waals surface area contributed by atoms with Crippen LogP contribution in [0, 0.1) is 6.92 Å². The van der Waals surface area contributed by atoms with Crippen LogP contribution in [0.2, 0.25) is 5.02 Å². The first kappa shape index (κ1) is 14.4. The van der Waals surface area contributed by atoms with E-state index in [1.54, 1.807) is 0 Å². The van der Waals surface area contributed by atoms with Crippen LogP contribution in [0.1, 0.15) is 35.6 Å². The highest BCUT2D eigenvalue weighted by Crippen LogP contribution is 2.33. The van der Waals surface area contributed by atoms with Crippen LogP contribution in [0.15, 0.2) is 42.5 Å². The van der Waals surface area contributed by atoms with Gasteiger partial charge in [-0.15, -0.1) is 0 Å². The van der Waals surface area contributed by atoms with Crippen LogP contribution >= 0.6 is 11.6 Å². The highest BCUT2D eigenvalue weighted by molar-refractivity contribution is 6.32. The van der Waals surface area contributed by atoms with Crippen LogP contribution in [0.4, 0.5) is 0 Å². The van der Waals surface area contributed by atoms with Gasteiger partial charge in [-0.25, -0.2) is 5.43 Å². The fourth-order valence-electron chi connectivity index (χ4n) is 2.40. The molecule has 2 aromatic carbocycles. The van der Waals surface area contributed by atoms with E-state index in [0.717, 1.165) is 40.3 Å². The molecule has 4 heteroatoms. The minimum Gasteiger partial charge on any atom is -0.490 e. The molecule has 1 saturated carbocycles. The Morgan fingerprint density at radius 1 is 1.24 bits per heavy atom. The summed E-state index contributed by atoms with van der Waals surface area (Å²) in [5.41, 5.74) is 5.92. The SMILES string of the molecule is Cc1cccc(C(NN)c2cccc(OC3CC3)c2)c1Cl. The zero-order chi connectivity index (χ0) is 14.8. The molecule has 1 fully saturated rings. The van der Waals surface area contributed by atoms with Crippen molar-refractivity contribution >= 4 is 11.6 Å². The summed E-state index contributed by atoms with van der Waals surface area (Å²) in [6.45, 7) is 1.99. The quantitative estimate of drug-likeness (QED) is 0.653. The summed E-state index contributed by atoms with van der Waals surface area (Å²) in [5.74, 6) is 6.66. The minimum atomic E-state index is -0.153. The lowest BCUT2D eigenvalue weighted by molar-refractivity contribution is 0.302. The van der Waals surface area contributed by atoms with Crippen LogP contribution in [0.5, 0.6) is 5.75 Å². The molecule has 0 aliphatic heterocycles. The molecule has 1 aliphatic carbocycles. The number of halogens is 1. The van der Waals surface area contributed by atoms with E-state index in [2.05, 4.69) is 5.43 Å². The predicted molar refractivity (Wildman–Crippen MR) is 85.4 cm³/mol. The Labute approximate surface area is 130 Å². The average molecular weight is 303 g/mol. The fourth-order valence-corrected chi connectivity index (χ4v) is 2.64. The molecule has 1 unspecified atom stereocenters. The molecular formula is C17H19ClN2O. The molecule has 2 aromatic rings. The number of rotatable bonds is 5. The van der Waals surface area contributed by atoms with Gasteiger partial charge in [-0.3, -0.25) is 5.84 Å². The van der Waals surface area contributed by atoms with Crippen molar-refractivity contribution in [3.05, 3.63) is 64.2 Å². The van der Waals surface area contributed by atoms with E-state index < -0.39 is 0 Å². The van der Waals surface area contributed by atoms with Crippen LogP contribution in [0.25, 0.3) is 0 Å². The monoisotopic (exact) mass is 302 g/mol. The molecule has 1 aliphatic rings. The van der Waals surface area contributed by atoms with E-state index in [1.165, 1.54) is 0 Å². The van der Waals surface area contributed by atoms with Gasteiger partial charge in [-0.1, -0.05) is 41.9 Å². The number of nitrogens with one attached hydrogen (secondary N) is 1. The minimum absolute atomic E-state index is 0.153. The van der Waals surface area contributed by atoms with E-state index in [-0.39, 0.29) is 6.04 Å². The summed E-state index contributed by atoms with van der Waals surface area (Å²) in [6.07, 6.45) is 2.67. The second-order valence-corrected chi connectivity index (χ2v) is 5.85. The van der Waals surface area contributed by atoms with Gasteiger partial charge in [0, 0.05) is 5.02 Å². The van der Waals surface area contributed by atoms with E-state index >= 15 is 0 Å². The molecule has 21 heavy (non-hydrogen) atoms. The Morgan fingerprint density at radius 3 is 2.71 bits per heavy atom. The van der Waals surface area contributed by atoms with Gasteiger partial charge in [0.2, 0.25) is 0 Å². The lowest BCUT2D eigenvalue weighted by Crippen LogP contribution is -2.29. The number of hydrogen-bond acceptors (Lipinski definition) is 3. The Bertz CT molecular complexity index is 640. The van der Waals surface area contributed by atoms with Gasteiger partial charge in [0.05, 0.1) is 12.1 Å². The van der Waals surface area contributed by atoms with Crippen molar-refractivity contribution in [1.82, 2.24) is 5.43 Å². The zero-order valence-electron chi connectivity index (χ0n) is 12.0. The fraction of sp³-hybridized carbons (Fsp3) is 0.294. The van der Waals surface area contributed by atoms with Crippen molar-refractivity contribution in [2.24, 2.45) is 5.84 Å². The lowest BCUT2D eigenvalue weighted by atomic mass is 9.97. The molecule has 0 spiro atoms. The molecular weight excluding hydrogens is 284 g/mol. The number of hydrazine groups is 1. The topological polar surface area (TPSA) is 47.3 Å². The number of nitrogens with two attached hydrogens (primary N) is 1. The number of ether oxygens (including phenoxy) is 1. The predicted octanol–water partition coefficient (Wildman–Crippen LogP) is 3.74. The first-order chi connectivity index (χ1) is 10.2. The van der Waals surface area contributed by atoms with Gasteiger partial charge in [0.15, 0.2) is 0 Å². The maximum Gasteiger partial charge on any atom is 0.120 e. The van der Waals surface area contributed by atoms with Crippen molar-refractivity contribution in [2.75, 3.05) is 0 Å². The molecule has 3 N–H and O–H groups in total. The van der Waals surface area contributed by atoms with E-state index in [9.17, 15) is 0 Å². The maximum atomic E-state index is 6.42. The second-order valence-electron chi connectivity index (χ2n) is 5.47. The smallest absolute Gasteiger partial charge is 0.120 e. The van der Waals surface area contributed by atoms with Crippen molar-refractivity contribution < 1.29 is 4.74 Å². The lowest BCUT2D eigenvalue weighted by Gasteiger charge is -2.20.